The molecule has 1 unspecified atom stereocenters. The predicted octanol–water partition coefficient (Wildman–Crippen LogP) is 0.106. The number of nitrogens with zero attached hydrogens (tertiary/aromatic N) is 1. The van der Waals surface area contributed by atoms with Crippen LogP contribution in [0.3, 0.4) is 0 Å². The number of hydrogen-bond acceptors (Lipinski definition) is 5. The van der Waals surface area contributed by atoms with Crippen LogP contribution in [0.5, 0.6) is 0 Å². The summed E-state index contributed by atoms with van der Waals surface area (Å²) < 4.78 is 0. The summed E-state index contributed by atoms with van der Waals surface area (Å²) in [7, 11) is 0. The summed E-state index contributed by atoms with van der Waals surface area (Å²) in [5, 5.41) is 38.4. The summed E-state index contributed by atoms with van der Waals surface area (Å²) in [5.41, 5.74) is 0. The molecule has 5 nitrogen and oxygen atoms in total. The Hall–Kier alpha value is -0.200. The van der Waals surface area contributed by atoms with E-state index in [-0.39, 0.29) is 6.61 Å². The second-order valence-corrected chi connectivity index (χ2v) is 5.56. The first-order chi connectivity index (χ1) is 9.11. The van der Waals surface area contributed by atoms with Crippen LogP contribution in [-0.2, 0) is 0 Å². The smallest absolute Gasteiger partial charge is 0.109 e. The van der Waals surface area contributed by atoms with E-state index in [9.17, 15) is 20.4 Å². The van der Waals surface area contributed by atoms with Crippen molar-refractivity contribution >= 4 is 0 Å². The molecule has 0 aliphatic carbocycles. The van der Waals surface area contributed by atoms with Crippen LogP contribution in [0.25, 0.3) is 0 Å². The van der Waals surface area contributed by atoms with E-state index < -0.39 is 24.4 Å². The second kappa shape index (κ2) is 8.87. The SMILES string of the molecule is CCCCCCCCN1C[C@@H](O)[C@H](O)[C@@H](O)C1CO. The summed E-state index contributed by atoms with van der Waals surface area (Å²) in [6, 6.07) is -0.464. The number of likely N-dealkylation sites (tertiary alicyclic amines) is 1. The molecule has 1 aliphatic rings. The van der Waals surface area contributed by atoms with Gasteiger partial charge in [-0.15, -0.1) is 0 Å². The van der Waals surface area contributed by atoms with Crippen LogP contribution in [0.4, 0.5) is 0 Å². The molecule has 0 bridgehead atoms. The number of rotatable bonds is 8. The number of aliphatic hydroxyl groups is 4. The van der Waals surface area contributed by atoms with Crippen LogP contribution in [0.1, 0.15) is 45.4 Å². The Bertz CT molecular complexity index is 239. The van der Waals surface area contributed by atoms with Crippen molar-refractivity contribution in [2.45, 2.75) is 69.8 Å². The van der Waals surface area contributed by atoms with Gasteiger partial charge in [0.25, 0.3) is 0 Å². The molecule has 1 heterocycles. The minimum absolute atomic E-state index is 0.194. The fraction of sp³-hybridized carbons (Fsp3) is 1.00. The molecule has 0 aromatic carbocycles. The Morgan fingerprint density at radius 2 is 1.58 bits per heavy atom. The molecule has 0 amide bonds. The van der Waals surface area contributed by atoms with Crippen LogP contribution in [0.15, 0.2) is 0 Å². The molecule has 0 radical (unpaired) electrons. The summed E-state index contributed by atoms with van der Waals surface area (Å²) in [6.45, 7) is 3.06. The lowest BCUT2D eigenvalue weighted by atomic mass is 9.94. The van der Waals surface area contributed by atoms with Crippen molar-refractivity contribution in [2.75, 3.05) is 19.7 Å². The van der Waals surface area contributed by atoms with Gasteiger partial charge < -0.3 is 20.4 Å². The van der Waals surface area contributed by atoms with Crippen molar-refractivity contribution in [3.63, 3.8) is 0 Å². The summed E-state index contributed by atoms with van der Waals surface area (Å²) in [5.74, 6) is 0. The van der Waals surface area contributed by atoms with E-state index in [0.29, 0.717) is 6.54 Å². The minimum atomic E-state index is -1.15. The third kappa shape index (κ3) is 5.00. The van der Waals surface area contributed by atoms with Crippen LogP contribution >= 0.6 is 0 Å². The lowest BCUT2D eigenvalue weighted by molar-refractivity contribution is -0.145. The van der Waals surface area contributed by atoms with Gasteiger partial charge in [0.1, 0.15) is 12.2 Å². The Morgan fingerprint density at radius 1 is 0.947 bits per heavy atom. The van der Waals surface area contributed by atoms with Crippen LogP contribution in [0.2, 0.25) is 0 Å². The summed E-state index contributed by atoms with van der Waals surface area (Å²) >= 11 is 0. The standard InChI is InChI=1S/C14H29NO4/c1-2-3-4-5-6-7-8-15-9-12(17)14(19)13(18)11(15)10-16/h11-14,16-19H,2-10H2,1H3/t11?,12-,13+,14+/m1/s1. The van der Waals surface area contributed by atoms with E-state index in [1.807, 2.05) is 4.90 Å². The monoisotopic (exact) mass is 275 g/mol. The van der Waals surface area contributed by atoms with Crippen molar-refractivity contribution in [3.05, 3.63) is 0 Å². The fourth-order valence-electron chi connectivity index (χ4n) is 2.73. The average Bonchev–Trinajstić information content (AvgIpc) is 2.40. The van der Waals surface area contributed by atoms with Gasteiger partial charge in [0.05, 0.1) is 18.8 Å². The van der Waals surface area contributed by atoms with E-state index in [0.717, 1.165) is 19.4 Å². The Kier molecular flexibility index (Phi) is 7.87. The number of β-amino-alcohol motifs (C(OH)–C–C–N with tert-alkyl or cyclic N) is 1. The van der Waals surface area contributed by atoms with Gasteiger partial charge >= 0.3 is 0 Å². The molecular weight excluding hydrogens is 246 g/mol. The molecular formula is C14H29NO4. The molecule has 0 saturated carbocycles. The van der Waals surface area contributed by atoms with Crippen molar-refractivity contribution in [1.82, 2.24) is 4.90 Å². The summed E-state index contributed by atoms with van der Waals surface area (Å²) in [6.07, 6.45) is 3.92. The van der Waals surface area contributed by atoms with Crippen molar-refractivity contribution in [2.24, 2.45) is 0 Å². The first kappa shape index (κ1) is 16.9. The highest BCUT2D eigenvalue weighted by molar-refractivity contribution is 4.93. The highest BCUT2D eigenvalue weighted by atomic mass is 16.4. The zero-order valence-electron chi connectivity index (χ0n) is 11.9. The highest BCUT2D eigenvalue weighted by Gasteiger charge is 2.40. The molecule has 1 fully saturated rings. The van der Waals surface area contributed by atoms with E-state index >= 15 is 0 Å². The minimum Gasteiger partial charge on any atom is -0.395 e. The van der Waals surface area contributed by atoms with Crippen LogP contribution in [-0.4, -0.2) is 69.4 Å². The summed E-state index contributed by atoms with van der Waals surface area (Å²) in [4.78, 5) is 1.89. The number of aliphatic hydroxyl groups excluding tert-OH is 4. The number of unbranched alkanes of at least 4 members (excludes halogenated alkanes) is 5. The maximum Gasteiger partial charge on any atom is 0.109 e. The maximum absolute atomic E-state index is 9.84. The largest absolute Gasteiger partial charge is 0.395 e. The topological polar surface area (TPSA) is 84.2 Å². The van der Waals surface area contributed by atoms with E-state index in [2.05, 4.69) is 6.92 Å². The Balaban J connectivity index is 2.30. The van der Waals surface area contributed by atoms with Crippen molar-refractivity contribution in [1.29, 1.82) is 0 Å². The predicted molar refractivity (Wildman–Crippen MR) is 73.8 cm³/mol. The quantitative estimate of drug-likeness (QED) is 0.472. The van der Waals surface area contributed by atoms with Gasteiger partial charge in [-0.2, -0.15) is 0 Å². The lowest BCUT2D eigenvalue weighted by Gasteiger charge is -2.43. The van der Waals surface area contributed by atoms with Crippen LogP contribution in [0, 0.1) is 0 Å². The van der Waals surface area contributed by atoms with Gasteiger partial charge in [-0.05, 0) is 13.0 Å². The molecule has 114 valence electrons. The van der Waals surface area contributed by atoms with Gasteiger partial charge in [-0.25, -0.2) is 0 Å². The molecule has 0 aromatic heterocycles. The lowest BCUT2D eigenvalue weighted by Crippen LogP contribution is -2.62. The maximum atomic E-state index is 9.84. The molecule has 4 atom stereocenters. The molecule has 1 saturated heterocycles. The van der Waals surface area contributed by atoms with E-state index in [1.165, 1.54) is 25.7 Å². The van der Waals surface area contributed by atoms with Crippen molar-refractivity contribution in [3.8, 4) is 0 Å². The molecule has 4 N–H and O–H groups in total. The first-order valence-corrected chi connectivity index (χ1v) is 7.51. The van der Waals surface area contributed by atoms with E-state index in [1.54, 1.807) is 0 Å². The fourth-order valence-corrected chi connectivity index (χ4v) is 2.73. The molecule has 1 rings (SSSR count). The third-order valence-electron chi connectivity index (χ3n) is 4.01. The average molecular weight is 275 g/mol. The van der Waals surface area contributed by atoms with Gasteiger partial charge in [-0.1, -0.05) is 39.0 Å². The van der Waals surface area contributed by atoms with Gasteiger partial charge in [0.15, 0.2) is 0 Å². The van der Waals surface area contributed by atoms with Gasteiger partial charge in [0.2, 0.25) is 0 Å². The van der Waals surface area contributed by atoms with Crippen molar-refractivity contribution < 1.29 is 20.4 Å². The first-order valence-electron chi connectivity index (χ1n) is 7.51. The number of hydrogen-bond donors (Lipinski definition) is 4. The Morgan fingerprint density at radius 3 is 2.21 bits per heavy atom. The second-order valence-electron chi connectivity index (χ2n) is 5.56. The molecule has 0 aromatic rings. The molecule has 0 spiro atoms. The van der Waals surface area contributed by atoms with Crippen LogP contribution < -0.4 is 0 Å². The normalized spacial score (nSPS) is 32.7. The van der Waals surface area contributed by atoms with Gasteiger partial charge in [-0.3, -0.25) is 4.90 Å². The van der Waals surface area contributed by atoms with E-state index in [4.69, 9.17) is 0 Å². The third-order valence-corrected chi connectivity index (χ3v) is 4.01. The molecule has 1 aliphatic heterocycles. The highest BCUT2D eigenvalue weighted by Crippen LogP contribution is 2.19. The molecule has 19 heavy (non-hydrogen) atoms. The zero-order valence-corrected chi connectivity index (χ0v) is 11.9. The van der Waals surface area contributed by atoms with Gasteiger partial charge in [0, 0.05) is 6.54 Å². The molecule has 5 heteroatoms. The number of piperidine rings is 1. The Labute approximate surface area is 115 Å². The zero-order chi connectivity index (χ0) is 14.3.